The second-order valence-electron chi connectivity index (χ2n) is 6.46. The van der Waals surface area contributed by atoms with Crippen LogP contribution in [0.25, 0.3) is 0 Å². The molecule has 2 atom stereocenters. The highest BCUT2D eigenvalue weighted by Crippen LogP contribution is 2.31. The Morgan fingerprint density at radius 3 is 2.66 bits per heavy atom. The Bertz CT molecular complexity index is 1010. The number of halogens is 1. The smallest absolute Gasteiger partial charge is 0.263 e. The number of carbonyl (C=O) groups excluding carboxylic acids is 3. The molecule has 2 aliphatic heterocycles. The van der Waals surface area contributed by atoms with E-state index < -0.39 is 29.7 Å². The summed E-state index contributed by atoms with van der Waals surface area (Å²) in [6, 6.07) is 10.4. The number of nitrogens with one attached hydrogen (secondary N) is 1. The van der Waals surface area contributed by atoms with Gasteiger partial charge in [-0.3, -0.25) is 19.4 Å². The number of nitrogens with zero attached hydrogens (tertiary/aromatic N) is 4. The first-order chi connectivity index (χ1) is 14.0. The molecule has 4 rings (SSSR count). The molecule has 1 N–H and O–H groups in total. The van der Waals surface area contributed by atoms with E-state index in [0.29, 0.717) is 5.69 Å². The molecular formula is C19H16FN5O3S. The van der Waals surface area contributed by atoms with E-state index in [2.05, 4.69) is 15.7 Å². The van der Waals surface area contributed by atoms with Gasteiger partial charge in [-0.2, -0.15) is 5.11 Å². The molecule has 29 heavy (non-hydrogen) atoms. The van der Waals surface area contributed by atoms with Gasteiger partial charge in [0.1, 0.15) is 12.4 Å². The lowest BCUT2D eigenvalue weighted by molar-refractivity contribution is -0.123. The maximum absolute atomic E-state index is 13.2. The average Bonchev–Trinajstić information content (AvgIpc) is 3.23. The molecule has 3 amide bonds. The van der Waals surface area contributed by atoms with Crippen LogP contribution >= 0.6 is 11.8 Å². The number of hydrogen-bond donors (Lipinski definition) is 1. The van der Waals surface area contributed by atoms with Crippen molar-refractivity contribution in [1.29, 1.82) is 0 Å². The van der Waals surface area contributed by atoms with Crippen molar-refractivity contribution >= 4 is 40.9 Å². The summed E-state index contributed by atoms with van der Waals surface area (Å²) in [5.74, 6) is -1.96. The third-order valence-corrected chi connectivity index (χ3v) is 5.33. The second-order valence-corrected chi connectivity index (χ2v) is 7.34. The third kappa shape index (κ3) is 3.58. The molecule has 10 heteroatoms. The van der Waals surface area contributed by atoms with Crippen LogP contribution in [0, 0.1) is 5.82 Å². The molecule has 0 saturated carbocycles. The number of rotatable bonds is 5. The normalized spacial score (nSPS) is 20.3. The molecule has 1 saturated heterocycles. The maximum atomic E-state index is 13.2. The highest BCUT2D eigenvalue weighted by Gasteiger charge is 2.55. The molecule has 0 aliphatic carbocycles. The molecule has 0 bridgehead atoms. The lowest BCUT2D eigenvalue weighted by Gasteiger charge is -2.20. The van der Waals surface area contributed by atoms with Crippen molar-refractivity contribution in [2.45, 2.75) is 17.0 Å². The van der Waals surface area contributed by atoms with Crippen LogP contribution in [0.15, 0.2) is 63.8 Å². The predicted molar refractivity (Wildman–Crippen MR) is 105 cm³/mol. The first-order valence-electron chi connectivity index (χ1n) is 8.72. The standard InChI is InChI=1S/C19H16FN5O3S/c1-29-14-4-2-3-12(9-14)21-15(26)10-24-17-16(22-23-24)18(27)25(19(17)28)13-7-5-11(20)6-8-13/h2-9,16-17H,10H2,1H3,(H,21,26)/t16-,17-/m1/s1. The van der Waals surface area contributed by atoms with Crippen LogP contribution in [0.5, 0.6) is 0 Å². The van der Waals surface area contributed by atoms with Crippen LogP contribution in [0.1, 0.15) is 0 Å². The van der Waals surface area contributed by atoms with Gasteiger partial charge in [0.25, 0.3) is 11.8 Å². The van der Waals surface area contributed by atoms with Crippen molar-refractivity contribution in [1.82, 2.24) is 5.01 Å². The summed E-state index contributed by atoms with van der Waals surface area (Å²) in [5, 5.41) is 11.7. The fourth-order valence-corrected chi connectivity index (χ4v) is 3.71. The second kappa shape index (κ2) is 7.63. The molecule has 1 fully saturated rings. The van der Waals surface area contributed by atoms with Crippen molar-refractivity contribution in [3.05, 3.63) is 54.3 Å². The molecule has 0 radical (unpaired) electrons. The predicted octanol–water partition coefficient (Wildman–Crippen LogP) is 2.48. The van der Waals surface area contributed by atoms with Gasteiger partial charge < -0.3 is 5.32 Å². The number of carbonyl (C=O) groups is 3. The summed E-state index contributed by atoms with van der Waals surface area (Å²) < 4.78 is 13.2. The fourth-order valence-electron chi connectivity index (χ4n) is 3.25. The summed E-state index contributed by atoms with van der Waals surface area (Å²) in [6.07, 6.45) is 1.93. The first kappa shape index (κ1) is 19.1. The van der Waals surface area contributed by atoms with E-state index in [1.165, 1.54) is 29.3 Å². The number of fused-ring (bicyclic) bond motifs is 1. The number of thioether (sulfide) groups is 1. The number of imide groups is 1. The molecule has 2 heterocycles. The molecular weight excluding hydrogens is 397 g/mol. The zero-order valence-electron chi connectivity index (χ0n) is 15.3. The Kier molecular flexibility index (Phi) is 5.01. The topological polar surface area (TPSA) is 94.4 Å². The molecule has 2 aliphatic rings. The fraction of sp³-hybridized carbons (Fsp3) is 0.211. The van der Waals surface area contributed by atoms with Crippen molar-refractivity contribution < 1.29 is 18.8 Å². The van der Waals surface area contributed by atoms with E-state index >= 15 is 0 Å². The molecule has 0 unspecified atom stereocenters. The SMILES string of the molecule is CSc1cccc(NC(=O)CN2N=N[C@H]3C(=O)N(c4ccc(F)cc4)C(=O)[C@@H]32)c1. The zero-order valence-corrected chi connectivity index (χ0v) is 16.1. The van der Waals surface area contributed by atoms with Crippen LogP contribution in [0.3, 0.4) is 0 Å². The van der Waals surface area contributed by atoms with Crippen LogP contribution < -0.4 is 10.2 Å². The van der Waals surface area contributed by atoms with E-state index in [0.717, 1.165) is 9.80 Å². The van der Waals surface area contributed by atoms with Gasteiger partial charge in [0, 0.05) is 10.6 Å². The van der Waals surface area contributed by atoms with Crippen LogP contribution in [-0.2, 0) is 14.4 Å². The van der Waals surface area contributed by atoms with Gasteiger partial charge in [-0.1, -0.05) is 11.3 Å². The molecule has 148 valence electrons. The molecule has 8 nitrogen and oxygen atoms in total. The third-order valence-electron chi connectivity index (χ3n) is 4.60. The van der Waals surface area contributed by atoms with E-state index in [-0.39, 0.29) is 18.1 Å². The number of amides is 3. The van der Waals surface area contributed by atoms with E-state index in [1.54, 1.807) is 17.8 Å². The molecule has 0 aromatic heterocycles. The Labute approximate surface area is 169 Å². The van der Waals surface area contributed by atoms with Gasteiger partial charge in [-0.25, -0.2) is 9.29 Å². The number of hydrogen-bond acceptors (Lipinski definition) is 7. The largest absolute Gasteiger partial charge is 0.324 e. The number of anilines is 2. The van der Waals surface area contributed by atoms with Crippen molar-refractivity contribution in [2.75, 3.05) is 23.0 Å². The quantitative estimate of drug-likeness (QED) is 0.600. The van der Waals surface area contributed by atoms with E-state index in [9.17, 15) is 18.8 Å². The Hall–Kier alpha value is -3.27. The lowest BCUT2D eigenvalue weighted by atomic mass is 10.1. The summed E-state index contributed by atoms with van der Waals surface area (Å²) >= 11 is 1.55. The minimum absolute atomic E-state index is 0.232. The number of benzene rings is 2. The zero-order chi connectivity index (χ0) is 20.5. The van der Waals surface area contributed by atoms with Crippen molar-refractivity contribution in [3.63, 3.8) is 0 Å². The highest BCUT2D eigenvalue weighted by molar-refractivity contribution is 7.98. The summed E-state index contributed by atoms with van der Waals surface area (Å²) in [6.45, 7) is -0.232. The van der Waals surface area contributed by atoms with Gasteiger partial charge in [-0.05, 0) is 48.7 Å². The molecule has 2 aromatic carbocycles. The van der Waals surface area contributed by atoms with Gasteiger partial charge in [0.05, 0.1) is 5.69 Å². The summed E-state index contributed by atoms with van der Waals surface area (Å²) in [4.78, 5) is 39.8. The van der Waals surface area contributed by atoms with Gasteiger partial charge in [0.2, 0.25) is 5.91 Å². The van der Waals surface area contributed by atoms with E-state index in [1.807, 2.05) is 24.5 Å². The van der Waals surface area contributed by atoms with Crippen LogP contribution in [-0.4, -0.2) is 47.6 Å². The molecule has 0 spiro atoms. The Morgan fingerprint density at radius 1 is 1.17 bits per heavy atom. The minimum atomic E-state index is -1.01. The average molecular weight is 413 g/mol. The van der Waals surface area contributed by atoms with Crippen molar-refractivity contribution in [3.8, 4) is 0 Å². The van der Waals surface area contributed by atoms with Crippen LogP contribution in [0.2, 0.25) is 0 Å². The monoisotopic (exact) mass is 413 g/mol. The lowest BCUT2D eigenvalue weighted by Crippen LogP contribution is -2.43. The van der Waals surface area contributed by atoms with Gasteiger partial charge in [0.15, 0.2) is 12.1 Å². The van der Waals surface area contributed by atoms with Crippen molar-refractivity contribution in [2.24, 2.45) is 10.3 Å². The van der Waals surface area contributed by atoms with Gasteiger partial charge in [-0.15, -0.1) is 11.8 Å². The van der Waals surface area contributed by atoms with E-state index in [4.69, 9.17) is 0 Å². The summed E-state index contributed by atoms with van der Waals surface area (Å²) in [7, 11) is 0. The highest BCUT2D eigenvalue weighted by atomic mass is 32.2. The summed E-state index contributed by atoms with van der Waals surface area (Å²) in [5.41, 5.74) is 0.876. The molecule has 2 aromatic rings. The Morgan fingerprint density at radius 2 is 1.93 bits per heavy atom. The minimum Gasteiger partial charge on any atom is -0.324 e. The van der Waals surface area contributed by atoms with Crippen LogP contribution in [0.4, 0.5) is 15.8 Å². The first-order valence-corrected chi connectivity index (χ1v) is 9.95. The Balaban J connectivity index is 1.47. The van der Waals surface area contributed by atoms with Gasteiger partial charge >= 0.3 is 0 Å². The maximum Gasteiger partial charge on any atom is 0.263 e.